The van der Waals surface area contributed by atoms with Crippen molar-refractivity contribution in [2.24, 2.45) is 5.73 Å². The van der Waals surface area contributed by atoms with E-state index >= 15 is 0 Å². The molecule has 1 fully saturated rings. The topological polar surface area (TPSA) is 133 Å². The normalized spacial score (nSPS) is 16.1. The number of rotatable bonds is 11. The summed E-state index contributed by atoms with van der Waals surface area (Å²) >= 11 is 0. The predicted octanol–water partition coefficient (Wildman–Crippen LogP) is 2.75. The molecule has 4 rings (SSSR count). The molecule has 0 aliphatic carbocycles. The molecule has 198 valence electrons. The number of piperazine rings is 1. The highest BCUT2D eigenvalue weighted by molar-refractivity contribution is 7.59. The highest BCUT2D eigenvalue weighted by Gasteiger charge is 2.24. The van der Waals surface area contributed by atoms with Crippen LogP contribution in [0.2, 0.25) is 0 Å². The molecular formula is C26H36N8O2S. The molecule has 0 spiro atoms. The van der Waals surface area contributed by atoms with Gasteiger partial charge in [0.25, 0.3) is 0 Å². The third-order valence-corrected chi connectivity index (χ3v) is 6.20. The Balaban J connectivity index is 0.00000380. The van der Waals surface area contributed by atoms with Gasteiger partial charge in [-0.15, -0.1) is 0 Å². The molecule has 2 aromatic heterocycles. The van der Waals surface area contributed by atoms with Gasteiger partial charge in [0.1, 0.15) is 5.82 Å². The lowest BCUT2D eigenvalue weighted by molar-refractivity contribution is -0.139. The zero-order valence-electron chi connectivity index (χ0n) is 21.1. The van der Waals surface area contributed by atoms with Crippen LogP contribution in [0.15, 0.2) is 55.0 Å². The Morgan fingerprint density at radius 1 is 1.14 bits per heavy atom. The van der Waals surface area contributed by atoms with Crippen LogP contribution < -0.4 is 16.4 Å². The van der Waals surface area contributed by atoms with Crippen molar-refractivity contribution in [3.05, 3.63) is 60.6 Å². The number of carbonyl (C=O) groups is 1. The molecular weight excluding hydrogens is 488 g/mol. The fourth-order valence-corrected chi connectivity index (χ4v) is 4.32. The van der Waals surface area contributed by atoms with Gasteiger partial charge in [-0.2, -0.15) is 13.5 Å². The number of hydrogen-bond donors (Lipinski definition) is 4. The van der Waals surface area contributed by atoms with Crippen LogP contribution in [0.1, 0.15) is 18.9 Å². The number of anilines is 3. The first-order valence-electron chi connectivity index (χ1n) is 12.3. The third-order valence-electron chi connectivity index (χ3n) is 6.20. The molecule has 3 heterocycles. The molecule has 0 bridgehead atoms. The van der Waals surface area contributed by atoms with Gasteiger partial charge < -0.3 is 21.5 Å². The number of carboxylic acids is 1. The van der Waals surface area contributed by atoms with Crippen LogP contribution in [-0.4, -0.2) is 81.1 Å². The maximum Gasteiger partial charge on any atom is 0.317 e. The fourth-order valence-electron chi connectivity index (χ4n) is 4.32. The molecule has 1 atom stereocenters. The van der Waals surface area contributed by atoms with Crippen LogP contribution in [0.25, 0.3) is 11.1 Å². The van der Waals surface area contributed by atoms with E-state index in [1.54, 1.807) is 18.6 Å². The van der Waals surface area contributed by atoms with Crippen molar-refractivity contribution in [1.82, 2.24) is 24.8 Å². The lowest BCUT2D eigenvalue weighted by atomic mass is 10.1. The Bertz CT molecular complexity index is 1150. The summed E-state index contributed by atoms with van der Waals surface area (Å²) < 4.78 is 0. The third kappa shape index (κ3) is 8.39. The van der Waals surface area contributed by atoms with E-state index in [0.717, 1.165) is 61.8 Å². The number of carboxylic acid groups (broad SMARTS) is 1. The van der Waals surface area contributed by atoms with Gasteiger partial charge in [0, 0.05) is 68.6 Å². The van der Waals surface area contributed by atoms with Crippen molar-refractivity contribution in [1.29, 1.82) is 0 Å². The van der Waals surface area contributed by atoms with Crippen molar-refractivity contribution in [2.75, 3.05) is 49.9 Å². The summed E-state index contributed by atoms with van der Waals surface area (Å²) in [5.74, 6) is 0.562. The van der Waals surface area contributed by atoms with Crippen molar-refractivity contribution >= 4 is 36.9 Å². The molecule has 0 amide bonds. The van der Waals surface area contributed by atoms with Gasteiger partial charge in [0.2, 0.25) is 5.95 Å². The summed E-state index contributed by atoms with van der Waals surface area (Å²) in [5, 5.41) is 15.6. The van der Waals surface area contributed by atoms with E-state index in [4.69, 9.17) is 10.8 Å². The molecule has 1 aliphatic heterocycles. The lowest BCUT2D eigenvalue weighted by Gasteiger charge is -2.39. The monoisotopic (exact) mass is 524 g/mol. The van der Waals surface area contributed by atoms with Crippen LogP contribution >= 0.6 is 13.5 Å². The standard InChI is InChI=1S/C26H34N8O2.H2S/c1-19-16-33(18-25(35)36)10-11-34(19)17-20-4-2-5-23(12-20)32-24-13-21(6-9-28-24)22-14-30-26(31-15-22)29-8-3-7-27;/h2,4-6,9,12-15,19H,3,7-8,10-11,16-18,27H2,1H3,(H,28,32)(H,35,36)(H,29,30,31);1H2. The first-order chi connectivity index (χ1) is 17.5. The molecule has 0 saturated carbocycles. The first-order valence-corrected chi connectivity index (χ1v) is 12.3. The van der Waals surface area contributed by atoms with Crippen LogP contribution in [0.3, 0.4) is 0 Å². The van der Waals surface area contributed by atoms with Crippen molar-refractivity contribution in [3.63, 3.8) is 0 Å². The summed E-state index contributed by atoms with van der Waals surface area (Å²) in [7, 11) is 0. The molecule has 1 unspecified atom stereocenters. The molecule has 11 heteroatoms. The number of nitrogens with one attached hydrogen (secondary N) is 2. The zero-order valence-corrected chi connectivity index (χ0v) is 22.1. The van der Waals surface area contributed by atoms with Gasteiger partial charge in [-0.1, -0.05) is 12.1 Å². The molecule has 1 aliphatic rings. The summed E-state index contributed by atoms with van der Waals surface area (Å²) in [4.78, 5) is 28.7. The highest BCUT2D eigenvalue weighted by atomic mass is 32.1. The molecule has 3 aromatic rings. The largest absolute Gasteiger partial charge is 0.480 e. The van der Waals surface area contributed by atoms with Gasteiger partial charge in [0.05, 0.1) is 6.54 Å². The summed E-state index contributed by atoms with van der Waals surface area (Å²) in [6.07, 6.45) is 6.24. The smallest absolute Gasteiger partial charge is 0.317 e. The number of aromatic nitrogens is 3. The second-order valence-electron chi connectivity index (χ2n) is 9.07. The minimum absolute atomic E-state index is 0. The summed E-state index contributed by atoms with van der Waals surface area (Å²) in [5.41, 5.74) is 9.57. The number of benzene rings is 1. The van der Waals surface area contributed by atoms with E-state index in [1.807, 2.05) is 29.2 Å². The second-order valence-corrected chi connectivity index (χ2v) is 9.07. The van der Waals surface area contributed by atoms with Gasteiger partial charge in [0.15, 0.2) is 0 Å². The SMILES string of the molecule is CC1CN(CC(=O)O)CCN1Cc1cccc(Nc2cc(-c3cnc(NCCCN)nc3)ccn2)c1.S. The van der Waals surface area contributed by atoms with Gasteiger partial charge in [-0.05, 0) is 55.3 Å². The number of pyridine rings is 1. The Morgan fingerprint density at radius 3 is 2.68 bits per heavy atom. The number of aliphatic carboxylic acids is 1. The maximum absolute atomic E-state index is 11.0. The van der Waals surface area contributed by atoms with Crippen molar-refractivity contribution in [2.45, 2.75) is 25.9 Å². The Kier molecular flexibility index (Phi) is 10.6. The highest BCUT2D eigenvalue weighted by Crippen LogP contribution is 2.24. The molecule has 10 nitrogen and oxygen atoms in total. The first kappa shape index (κ1) is 28.3. The number of nitrogens with zero attached hydrogens (tertiary/aromatic N) is 5. The number of hydrogen-bond acceptors (Lipinski definition) is 9. The second kappa shape index (κ2) is 13.9. The minimum Gasteiger partial charge on any atom is -0.480 e. The molecule has 0 radical (unpaired) electrons. The van der Waals surface area contributed by atoms with Crippen molar-refractivity contribution < 1.29 is 9.90 Å². The van der Waals surface area contributed by atoms with E-state index in [9.17, 15) is 4.79 Å². The Labute approximate surface area is 224 Å². The molecule has 5 N–H and O–H groups in total. The van der Waals surface area contributed by atoms with E-state index in [0.29, 0.717) is 12.5 Å². The van der Waals surface area contributed by atoms with Gasteiger partial charge >= 0.3 is 5.97 Å². The van der Waals surface area contributed by atoms with Gasteiger partial charge in [-0.25, -0.2) is 15.0 Å². The van der Waals surface area contributed by atoms with E-state index < -0.39 is 5.97 Å². The van der Waals surface area contributed by atoms with E-state index in [2.05, 4.69) is 49.5 Å². The Morgan fingerprint density at radius 2 is 1.95 bits per heavy atom. The molecule has 37 heavy (non-hydrogen) atoms. The average molecular weight is 525 g/mol. The zero-order chi connectivity index (χ0) is 25.3. The lowest BCUT2D eigenvalue weighted by Crippen LogP contribution is -2.52. The minimum atomic E-state index is -0.771. The number of nitrogens with two attached hydrogens (primary N) is 1. The van der Waals surface area contributed by atoms with Crippen molar-refractivity contribution in [3.8, 4) is 11.1 Å². The maximum atomic E-state index is 11.0. The summed E-state index contributed by atoms with van der Waals surface area (Å²) in [6, 6.07) is 12.5. The Hall–Kier alpha value is -3.25. The molecule has 1 saturated heterocycles. The van der Waals surface area contributed by atoms with Crippen LogP contribution in [-0.2, 0) is 11.3 Å². The average Bonchev–Trinajstić information content (AvgIpc) is 2.86. The van der Waals surface area contributed by atoms with Crippen LogP contribution in [0.4, 0.5) is 17.5 Å². The quantitative estimate of drug-likeness (QED) is 0.278. The molecule has 1 aromatic carbocycles. The van der Waals surface area contributed by atoms with E-state index in [-0.39, 0.29) is 26.1 Å². The fraction of sp³-hybridized carbons (Fsp3) is 0.385. The van der Waals surface area contributed by atoms with E-state index in [1.165, 1.54) is 5.56 Å². The summed E-state index contributed by atoms with van der Waals surface area (Å²) in [6.45, 7) is 6.81. The predicted molar refractivity (Wildman–Crippen MR) is 151 cm³/mol. The van der Waals surface area contributed by atoms with Gasteiger partial charge in [-0.3, -0.25) is 14.6 Å². The van der Waals surface area contributed by atoms with Crippen LogP contribution in [0.5, 0.6) is 0 Å². The van der Waals surface area contributed by atoms with Crippen LogP contribution in [0, 0.1) is 0 Å².